The van der Waals surface area contributed by atoms with Crippen molar-refractivity contribution >= 4 is 10.9 Å². The van der Waals surface area contributed by atoms with E-state index < -0.39 is 0 Å². The van der Waals surface area contributed by atoms with E-state index in [-0.39, 0.29) is 0 Å². The third kappa shape index (κ3) is 3.79. The lowest BCUT2D eigenvalue weighted by Crippen LogP contribution is -2.43. The molecule has 0 radical (unpaired) electrons. The van der Waals surface area contributed by atoms with Crippen LogP contribution in [0.2, 0.25) is 0 Å². The summed E-state index contributed by atoms with van der Waals surface area (Å²) < 4.78 is 0. The van der Waals surface area contributed by atoms with Crippen molar-refractivity contribution in [1.29, 1.82) is 0 Å². The molecule has 0 amide bonds. The molecule has 2 heterocycles. The van der Waals surface area contributed by atoms with E-state index in [4.69, 9.17) is 0 Å². The van der Waals surface area contributed by atoms with Gasteiger partial charge in [-0.15, -0.1) is 0 Å². The molecule has 1 fully saturated rings. The molecule has 1 aliphatic rings. The molecule has 1 N–H and O–H groups in total. The van der Waals surface area contributed by atoms with Gasteiger partial charge in [0.2, 0.25) is 0 Å². The summed E-state index contributed by atoms with van der Waals surface area (Å²) in [5.74, 6) is 0. The van der Waals surface area contributed by atoms with E-state index >= 15 is 0 Å². The van der Waals surface area contributed by atoms with Crippen molar-refractivity contribution in [2.45, 2.75) is 6.92 Å². The molecule has 0 saturated carbocycles. The quantitative estimate of drug-likeness (QED) is 0.832. The van der Waals surface area contributed by atoms with Crippen LogP contribution in [0, 0.1) is 0 Å². The molecule has 18 heavy (non-hydrogen) atoms. The average molecular weight is 243 g/mol. The van der Waals surface area contributed by atoms with Crippen molar-refractivity contribution in [2.75, 3.05) is 32.7 Å². The highest BCUT2D eigenvalue weighted by molar-refractivity contribution is 5.77. The first kappa shape index (κ1) is 13.0. The fraction of sp³-hybridized carbons (Fsp3) is 0.400. The summed E-state index contributed by atoms with van der Waals surface area (Å²) >= 11 is 0. The Morgan fingerprint density at radius 3 is 2.50 bits per heavy atom. The maximum absolute atomic E-state index is 4.18. The molecule has 3 heteroatoms. The van der Waals surface area contributed by atoms with Crippen LogP contribution in [0.15, 0.2) is 42.6 Å². The summed E-state index contributed by atoms with van der Waals surface area (Å²) in [5, 5.41) is 4.51. The second-order valence-corrected chi connectivity index (χ2v) is 4.38. The zero-order chi connectivity index (χ0) is 12.6. The highest BCUT2D eigenvalue weighted by Crippen LogP contribution is 2.07. The van der Waals surface area contributed by atoms with Crippen molar-refractivity contribution in [3.05, 3.63) is 42.6 Å². The molecule has 1 aromatic carbocycles. The number of aromatic nitrogens is 1. The minimum absolute atomic E-state index is 1.06. The van der Waals surface area contributed by atoms with Gasteiger partial charge in [-0.25, -0.2) is 0 Å². The van der Waals surface area contributed by atoms with Gasteiger partial charge in [0, 0.05) is 37.8 Å². The number of nitrogens with zero attached hydrogens (tertiary/aromatic N) is 2. The summed E-state index contributed by atoms with van der Waals surface area (Å²) in [6.45, 7) is 8.24. The summed E-state index contributed by atoms with van der Waals surface area (Å²) in [6.07, 6.45) is 1.81. The summed E-state index contributed by atoms with van der Waals surface area (Å²) in [4.78, 5) is 6.64. The number of rotatable bonds is 1. The van der Waals surface area contributed by atoms with Crippen molar-refractivity contribution in [1.82, 2.24) is 15.2 Å². The van der Waals surface area contributed by atoms with Crippen LogP contribution >= 0.6 is 0 Å². The van der Waals surface area contributed by atoms with Gasteiger partial charge in [-0.1, -0.05) is 31.2 Å². The molecule has 3 rings (SSSR count). The molecule has 1 saturated heterocycles. The highest BCUT2D eigenvalue weighted by atomic mass is 15.2. The minimum Gasteiger partial charge on any atom is -0.314 e. The lowest BCUT2D eigenvalue weighted by Gasteiger charge is -2.25. The summed E-state index contributed by atoms with van der Waals surface area (Å²) in [6, 6.07) is 12.1. The predicted molar refractivity (Wildman–Crippen MR) is 76.7 cm³/mol. The minimum atomic E-state index is 1.06. The van der Waals surface area contributed by atoms with Gasteiger partial charge >= 0.3 is 0 Å². The number of para-hydroxylation sites is 1. The third-order valence-corrected chi connectivity index (χ3v) is 3.17. The molecule has 0 aliphatic carbocycles. The van der Waals surface area contributed by atoms with Gasteiger partial charge in [0.1, 0.15) is 0 Å². The predicted octanol–water partition coefficient (Wildman–Crippen LogP) is 2.15. The topological polar surface area (TPSA) is 28.2 Å². The van der Waals surface area contributed by atoms with Gasteiger partial charge in [-0.2, -0.15) is 0 Å². The number of hydrogen-bond donors (Lipinski definition) is 1. The lowest BCUT2D eigenvalue weighted by atomic mass is 10.2. The van der Waals surface area contributed by atoms with Crippen LogP contribution in [-0.4, -0.2) is 42.6 Å². The summed E-state index contributed by atoms with van der Waals surface area (Å²) in [5.41, 5.74) is 1.06. The van der Waals surface area contributed by atoms with Crippen LogP contribution in [-0.2, 0) is 0 Å². The number of fused-ring (bicyclic) bond motifs is 1. The van der Waals surface area contributed by atoms with Crippen molar-refractivity contribution in [2.24, 2.45) is 0 Å². The van der Waals surface area contributed by atoms with E-state index in [0.717, 1.165) is 5.52 Å². The first-order valence-electron chi connectivity index (χ1n) is 6.63. The Labute approximate surface area is 109 Å². The van der Waals surface area contributed by atoms with Crippen LogP contribution < -0.4 is 5.32 Å². The van der Waals surface area contributed by atoms with E-state index in [1.807, 2.05) is 30.5 Å². The molecular formula is C15H21N3. The van der Waals surface area contributed by atoms with Gasteiger partial charge in [0.05, 0.1) is 5.52 Å². The molecule has 96 valence electrons. The molecule has 3 nitrogen and oxygen atoms in total. The molecule has 0 atom stereocenters. The number of nitrogens with one attached hydrogen (secondary N) is 1. The maximum atomic E-state index is 4.18. The Balaban J connectivity index is 0.000000138. The normalized spacial score (nSPS) is 16.1. The number of piperazine rings is 1. The van der Waals surface area contributed by atoms with Gasteiger partial charge in [0.15, 0.2) is 0 Å². The standard InChI is InChI=1S/C9H7N.C6H14N2/c1-2-6-9-8(4-1)5-3-7-10-9;1-2-8-5-3-7-4-6-8/h1-7H;7H,2-6H2,1H3. The Kier molecular flexibility index (Phi) is 5.12. The molecule has 2 aromatic rings. The molecule has 0 spiro atoms. The smallest absolute Gasteiger partial charge is 0.0701 e. The van der Waals surface area contributed by atoms with E-state index in [1.54, 1.807) is 0 Å². The third-order valence-electron chi connectivity index (χ3n) is 3.17. The zero-order valence-electron chi connectivity index (χ0n) is 11.0. The Bertz CT molecular complexity index is 399. The van der Waals surface area contributed by atoms with Gasteiger partial charge in [0.25, 0.3) is 0 Å². The van der Waals surface area contributed by atoms with Crippen molar-refractivity contribution in [3.8, 4) is 0 Å². The van der Waals surface area contributed by atoms with Crippen LogP contribution in [0.25, 0.3) is 10.9 Å². The van der Waals surface area contributed by atoms with Gasteiger partial charge < -0.3 is 10.2 Å². The number of pyridine rings is 1. The monoisotopic (exact) mass is 243 g/mol. The lowest BCUT2D eigenvalue weighted by molar-refractivity contribution is 0.253. The largest absolute Gasteiger partial charge is 0.314 e. The Hall–Kier alpha value is -1.45. The number of hydrogen-bond acceptors (Lipinski definition) is 3. The zero-order valence-corrected chi connectivity index (χ0v) is 11.0. The fourth-order valence-corrected chi connectivity index (χ4v) is 2.04. The van der Waals surface area contributed by atoms with Gasteiger partial charge in [-0.05, 0) is 18.7 Å². The van der Waals surface area contributed by atoms with E-state index in [1.165, 1.54) is 38.1 Å². The first-order chi connectivity index (χ1) is 8.90. The average Bonchev–Trinajstić information content (AvgIpc) is 2.49. The van der Waals surface area contributed by atoms with Gasteiger partial charge in [-0.3, -0.25) is 4.98 Å². The molecule has 1 aromatic heterocycles. The maximum Gasteiger partial charge on any atom is 0.0701 e. The van der Waals surface area contributed by atoms with Crippen LogP contribution in [0.4, 0.5) is 0 Å². The van der Waals surface area contributed by atoms with E-state index in [0.29, 0.717) is 0 Å². The van der Waals surface area contributed by atoms with Crippen LogP contribution in [0.5, 0.6) is 0 Å². The number of benzene rings is 1. The molecular weight excluding hydrogens is 222 g/mol. The SMILES string of the molecule is CCN1CCNCC1.c1ccc2ncccc2c1. The Morgan fingerprint density at radius 1 is 1.11 bits per heavy atom. The van der Waals surface area contributed by atoms with E-state index in [9.17, 15) is 0 Å². The van der Waals surface area contributed by atoms with Crippen molar-refractivity contribution in [3.63, 3.8) is 0 Å². The molecule has 1 aliphatic heterocycles. The Morgan fingerprint density at radius 2 is 1.83 bits per heavy atom. The number of likely N-dealkylation sites (N-methyl/N-ethyl adjacent to an activating group) is 1. The second kappa shape index (κ2) is 7.09. The molecule has 0 unspecified atom stereocenters. The molecule has 0 bridgehead atoms. The summed E-state index contributed by atoms with van der Waals surface area (Å²) in [7, 11) is 0. The fourth-order valence-electron chi connectivity index (χ4n) is 2.04. The van der Waals surface area contributed by atoms with Crippen LogP contribution in [0.1, 0.15) is 6.92 Å². The van der Waals surface area contributed by atoms with E-state index in [2.05, 4.69) is 34.3 Å². The first-order valence-corrected chi connectivity index (χ1v) is 6.63. The van der Waals surface area contributed by atoms with Crippen molar-refractivity contribution < 1.29 is 0 Å². The highest BCUT2D eigenvalue weighted by Gasteiger charge is 2.04. The second-order valence-electron chi connectivity index (χ2n) is 4.38. The van der Waals surface area contributed by atoms with Crippen LogP contribution in [0.3, 0.4) is 0 Å².